The number of nitriles is 2. The molecule has 4 aromatic rings. The molecule has 6 nitrogen and oxygen atoms in total. The molecule has 0 saturated carbocycles. The highest BCUT2D eigenvalue weighted by Gasteiger charge is 2.09. The van der Waals surface area contributed by atoms with Gasteiger partial charge < -0.3 is 9.47 Å². The minimum atomic E-state index is 0.511. The smallest absolute Gasteiger partial charge is 0.292 e. The van der Waals surface area contributed by atoms with Crippen LogP contribution in [-0.2, 0) is 24.1 Å². The third-order valence-electron chi connectivity index (χ3n) is 5.75. The average Bonchev–Trinajstić information content (AvgIpc) is 2.89. The lowest BCUT2D eigenvalue weighted by atomic mass is 9.92. The number of isocyanates is 1. The Bertz CT molecular complexity index is 1460. The van der Waals surface area contributed by atoms with Crippen LogP contribution in [0.25, 0.3) is 0 Å². The summed E-state index contributed by atoms with van der Waals surface area (Å²) in [6, 6.07) is 29.0. The molecular formula is C30H21N3O3. The molecule has 174 valence electrons. The zero-order valence-corrected chi connectivity index (χ0v) is 19.3. The largest absolute Gasteiger partial charge is 0.388 e. The van der Waals surface area contributed by atoms with Crippen LogP contribution < -0.4 is 9.47 Å². The van der Waals surface area contributed by atoms with Gasteiger partial charge in [0, 0.05) is 0 Å². The summed E-state index contributed by atoms with van der Waals surface area (Å²) in [6.45, 7) is 0. The predicted molar refractivity (Wildman–Crippen MR) is 134 cm³/mol. The van der Waals surface area contributed by atoms with Crippen molar-refractivity contribution in [1.82, 2.24) is 0 Å². The van der Waals surface area contributed by atoms with Crippen LogP contribution in [0, 0.1) is 23.0 Å². The van der Waals surface area contributed by atoms with Crippen molar-refractivity contribution in [2.75, 3.05) is 0 Å². The van der Waals surface area contributed by atoms with Gasteiger partial charge in [0.25, 0.3) is 12.5 Å². The maximum absolute atomic E-state index is 10.5. The molecule has 0 aliphatic carbocycles. The molecule has 0 saturated heterocycles. The maximum Gasteiger partial charge on any atom is 0.292 e. The third-order valence-corrected chi connectivity index (χ3v) is 5.75. The van der Waals surface area contributed by atoms with Crippen molar-refractivity contribution in [3.05, 3.63) is 124 Å². The van der Waals surface area contributed by atoms with E-state index in [0.717, 1.165) is 36.0 Å². The Kier molecular flexibility index (Phi) is 7.87. The molecule has 6 heteroatoms. The van der Waals surface area contributed by atoms with Crippen LogP contribution >= 0.6 is 0 Å². The van der Waals surface area contributed by atoms with Crippen molar-refractivity contribution in [3.63, 3.8) is 0 Å². The maximum atomic E-state index is 10.5. The molecule has 0 aromatic heterocycles. The molecule has 0 heterocycles. The first-order valence-electron chi connectivity index (χ1n) is 11.2. The molecule has 0 bridgehead atoms. The topological polar surface area (TPSA) is 95.5 Å². The number of nitrogens with zero attached hydrogens (tertiary/aromatic N) is 3. The molecule has 0 spiro atoms. The minimum Gasteiger partial charge on any atom is -0.388 e. The van der Waals surface area contributed by atoms with Crippen LogP contribution in [0.1, 0.15) is 33.4 Å². The van der Waals surface area contributed by atoms with Crippen molar-refractivity contribution in [1.29, 1.82) is 10.5 Å². The first-order valence-corrected chi connectivity index (χ1v) is 11.2. The monoisotopic (exact) mass is 471 g/mol. The van der Waals surface area contributed by atoms with Gasteiger partial charge in [0.05, 0.1) is 5.69 Å². The van der Waals surface area contributed by atoms with Gasteiger partial charge in [0.1, 0.15) is 11.5 Å². The van der Waals surface area contributed by atoms with E-state index in [2.05, 4.69) is 23.2 Å². The second kappa shape index (κ2) is 11.8. The Hall–Kier alpha value is -5.16. The Morgan fingerprint density at radius 2 is 1.06 bits per heavy atom. The SMILES string of the molecule is N#COc1ccc(Cc2ccc(Cc3ccc(N=C=O)cc3)c(Cc3ccc(OC#N)cc3)c2)cc1. The summed E-state index contributed by atoms with van der Waals surface area (Å²) in [5.74, 6) is 1.03. The number of rotatable bonds is 9. The molecule has 0 unspecified atom stereocenters. The Labute approximate surface area is 209 Å². The molecule has 4 rings (SSSR count). The zero-order valence-electron chi connectivity index (χ0n) is 19.3. The second-order valence-electron chi connectivity index (χ2n) is 8.18. The molecule has 4 aromatic carbocycles. The van der Waals surface area contributed by atoms with Gasteiger partial charge >= 0.3 is 0 Å². The van der Waals surface area contributed by atoms with Crippen LogP contribution in [0.4, 0.5) is 5.69 Å². The van der Waals surface area contributed by atoms with Gasteiger partial charge in [-0.2, -0.15) is 4.99 Å². The second-order valence-corrected chi connectivity index (χ2v) is 8.18. The summed E-state index contributed by atoms with van der Waals surface area (Å²) in [5.41, 5.74) is 7.47. The van der Waals surface area contributed by atoms with E-state index in [9.17, 15) is 4.79 Å². The van der Waals surface area contributed by atoms with Crippen LogP contribution in [0.2, 0.25) is 0 Å². The van der Waals surface area contributed by atoms with E-state index in [1.54, 1.807) is 42.9 Å². The summed E-state index contributed by atoms with van der Waals surface area (Å²) in [4.78, 5) is 14.2. The molecule has 0 radical (unpaired) electrons. The van der Waals surface area contributed by atoms with Crippen LogP contribution in [0.3, 0.4) is 0 Å². The fourth-order valence-corrected chi connectivity index (χ4v) is 4.00. The third kappa shape index (κ3) is 6.46. The number of aliphatic imine (C=N–C) groups is 1. The van der Waals surface area contributed by atoms with Gasteiger partial charge in [-0.1, -0.05) is 54.6 Å². The summed E-state index contributed by atoms with van der Waals surface area (Å²) < 4.78 is 9.76. The normalized spacial score (nSPS) is 9.94. The van der Waals surface area contributed by atoms with Crippen molar-refractivity contribution < 1.29 is 14.3 Å². The molecule has 0 aliphatic rings. The molecular weight excluding hydrogens is 450 g/mol. The number of ether oxygens (including phenoxy) is 2. The van der Waals surface area contributed by atoms with Gasteiger partial charge in [0.15, 0.2) is 0 Å². The lowest BCUT2D eigenvalue weighted by molar-refractivity contribution is 0.506. The number of hydrogen-bond donors (Lipinski definition) is 0. The van der Waals surface area contributed by atoms with Crippen LogP contribution in [0.5, 0.6) is 11.5 Å². The fraction of sp³-hybridized carbons (Fsp3) is 0.100. The van der Waals surface area contributed by atoms with Gasteiger partial charge in [-0.05, 0) is 89.0 Å². The highest BCUT2D eigenvalue weighted by atomic mass is 16.5. The van der Waals surface area contributed by atoms with Gasteiger partial charge in [-0.15, -0.1) is 10.5 Å². The fourth-order valence-electron chi connectivity index (χ4n) is 4.00. The average molecular weight is 472 g/mol. The highest BCUT2D eigenvalue weighted by molar-refractivity contribution is 5.50. The number of benzene rings is 4. The van der Waals surface area contributed by atoms with E-state index in [0.29, 0.717) is 17.2 Å². The molecule has 0 amide bonds. The van der Waals surface area contributed by atoms with E-state index in [1.165, 1.54) is 16.7 Å². The molecule has 0 fully saturated rings. The van der Waals surface area contributed by atoms with E-state index in [4.69, 9.17) is 20.0 Å². The van der Waals surface area contributed by atoms with Crippen molar-refractivity contribution in [2.45, 2.75) is 19.3 Å². The first-order chi connectivity index (χ1) is 17.7. The Balaban J connectivity index is 1.60. The molecule has 36 heavy (non-hydrogen) atoms. The predicted octanol–water partition coefficient (Wildman–Crippen LogP) is 6.15. The molecule has 0 atom stereocenters. The summed E-state index contributed by atoms with van der Waals surface area (Å²) in [6.07, 6.45) is 7.14. The van der Waals surface area contributed by atoms with Crippen molar-refractivity contribution in [2.24, 2.45) is 4.99 Å². The summed E-state index contributed by atoms with van der Waals surface area (Å²) in [5, 5.41) is 17.4. The Morgan fingerprint density at radius 3 is 1.58 bits per heavy atom. The molecule has 0 aliphatic heterocycles. The first kappa shape index (κ1) is 24.0. The lowest BCUT2D eigenvalue weighted by Crippen LogP contribution is -2.00. The van der Waals surface area contributed by atoms with Gasteiger partial charge in [-0.25, -0.2) is 4.79 Å². The van der Waals surface area contributed by atoms with Gasteiger partial charge in [0.2, 0.25) is 6.08 Å². The van der Waals surface area contributed by atoms with E-state index < -0.39 is 0 Å². The lowest BCUT2D eigenvalue weighted by Gasteiger charge is -2.13. The zero-order chi connectivity index (χ0) is 25.2. The summed E-state index contributed by atoms with van der Waals surface area (Å²) in [7, 11) is 0. The minimum absolute atomic E-state index is 0.511. The van der Waals surface area contributed by atoms with Gasteiger partial charge in [-0.3, -0.25) is 0 Å². The van der Waals surface area contributed by atoms with Crippen molar-refractivity contribution in [3.8, 4) is 24.0 Å². The molecule has 0 N–H and O–H groups in total. The van der Waals surface area contributed by atoms with Crippen LogP contribution in [0.15, 0.2) is 96.0 Å². The van der Waals surface area contributed by atoms with E-state index in [1.807, 2.05) is 48.5 Å². The number of carbonyl (C=O) groups excluding carboxylic acids is 1. The summed E-state index contributed by atoms with van der Waals surface area (Å²) >= 11 is 0. The number of hydrogen-bond acceptors (Lipinski definition) is 6. The van der Waals surface area contributed by atoms with E-state index >= 15 is 0 Å². The standard InChI is InChI=1S/C30H21N3O3/c31-19-35-29-11-4-22(5-12-29)15-25-1-8-26(16-23-2-9-28(10-3-23)33-21-34)27(18-25)17-24-6-13-30(14-7-24)36-20-32/h1-14,18H,15-17H2. The Morgan fingerprint density at radius 1 is 0.583 bits per heavy atom. The highest BCUT2D eigenvalue weighted by Crippen LogP contribution is 2.24. The quantitative estimate of drug-likeness (QED) is 0.166. The van der Waals surface area contributed by atoms with E-state index in [-0.39, 0.29) is 0 Å². The van der Waals surface area contributed by atoms with Crippen molar-refractivity contribution >= 4 is 11.8 Å². The van der Waals surface area contributed by atoms with Crippen LogP contribution in [-0.4, -0.2) is 6.08 Å².